The van der Waals surface area contributed by atoms with E-state index in [0.717, 1.165) is 6.07 Å². The van der Waals surface area contributed by atoms with Gasteiger partial charge in [0, 0.05) is 34.0 Å². The van der Waals surface area contributed by atoms with Crippen molar-refractivity contribution in [1.29, 1.82) is 0 Å². The topological polar surface area (TPSA) is 48.0 Å². The summed E-state index contributed by atoms with van der Waals surface area (Å²) in [4.78, 5) is 11.8. The van der Waals surface area contributed by atoms with Crippen LogP contribution in [0.15, 0.2) is 42.5 Å². The minimum absolute atomic E-state index is 0.0179. The SMILES string of the molecule is NC(=O)c1cccc2c1c1[c]ccc(F)c1n2Cc1c(F)cc(F)cc1F. The number of halogens is 4. The largest absolute Gasteiger partial charge is 0.366 e. The summed E-state index contributed by atoms with van der Waals surface area (Å²) in [6.45, 7) is -0.408. The van der Waals surface area contributed by atoms with Crippen LogP contribution in [-0.2, 0) is 6.54 Å². The maximum Gasteiger partial charge on any atom is 0.249 e. The van der Waals surface area contributed by atoms with E-state index >= 15 is 0 Å². The Labute approximate surface area is 150 Å². The number of amides is 1. The average molecular weight is 371 g/mol. The zero-order chi connectivity index (χ0) is 19.3. The minimum atomic E-state index is -1.09. The summed E-state index contributed by atoms with van der Waals surface area (Å²) in [5.41, 5.74) is 5.50. The molecule has 2 N–H and O–H groups in total. The molecule has 0 saturated carbocycles. The van der Waals surface area contributed by atoms with Crippen LogP contribution in [0.4, 0.5) is 17.6 Å². The molecule has 7 heteroatoms. The lowest BCUT2D eigenvalue weighted by atomic mass is 10.1. The molecule has 0 aliphatic rings. The van der Waals surface area contributed by atoms with Crippen molar-refractivity contribution in [3.8, 4) is 0 Å². The Balaban J connectivity index is 2.09. The molecule has 0 atom stereocenters. The molecule has 0 aliphatic heterocycles. The molecule has 0 fully saturated rings. The van der Waals surface area contributed by atoms with Gasteiger partial charge in [-0.2, -0.15) is 0 Å². The number of carbonyl (C=O) groups excluding carboxylic acids is 1. The van der Waals surface area contributed by atoms with E-state index < -0.39 is 41.3 Å². The van der Waals surface area contributed by atoms with Gasteiger partial charge in [-0.15, -0.1) is 0 Å². The van der Waals surface area contributed by atoms with Crippen molar-refractivity contribution in [3.05, 3.63) is 82.9 Å². The Hall–Kier alpha value is -3.35. The summed E-state index contributed by atoms with van der Waals surface area (Å²) in [5, 5.41) is 0.602. The van der Waals surface area contributed by atoms with Crippen LogP contribution < -0.4 is 5.73 Å². The van der Waals surface area contributed by atoms with Gasteiger partial charge in [0.15, 0.2) is 0 Å². The first-order valence-corrected chi connectivity index (χ1v) is 7.93. The number of primary amides is 1. The van der Waals surface area contributed by atoms with Crippen LogP contribution in [0.1, 0.15) is 15.9 Å². The summed E-state index contributed by atoms with van der Waals surface area (Å²) in [6, 6.07) is 11.1. The maximum atomic E-state index is 14.6. The normalized spacial score (nSPS) is 11.4. The van der Waals surface area contributed by atoms with Gasteiger partial charge < -0.3 is 10.3 Å². The molecule has 0 bridgehead atoms. The Morgan fingerprint density at radius 1 is 1.04 bits per heavy atom. The Kier molecular flexibility index (Phi) is 3.87. The van der Waals surface area contributed by atoms with Gasteiger partial charge in [-0.05, 0) is 24.3 Å². The lowest BCUT2D eigenvalue weighted by Crippen LogP contribution is -2.11. The summed E-state index contributed by atoms with van der Waals surface area (Å²) in [6.07, 6.45) is 0. The predicted octanol–water partition coefficient (Wildman–Crippen LogP) is 4.30. The molecule has 4 rings (SSSR count). The van der Waals surface area contributed by atoms with E-state index in [-0.39, 0.29) is 16.5 Å². The summed E-state index contributed by atoms with van der Waals surface area (Å²) in [7, 11) is 0. The van der Waals surface area contributed by atoms with Gasteiger partial charge in [-0.3, -0.25) is 4.79 Å². The van der Waals surface area contributed by atoms with Crippen LogP contribution in [0.25, 0.3) is 21.8 Å². The first-order valence-electron chi connectivity index (χ1n) is 7.93. The molecule has 1 heterocycles. The number of hydrogen-bond donors (Lipinski definition) is 1. The van der Waals surface area contributed by atoms with Crippen LogP contribution in [0.5, 0.6) is 0 Å². The molecule has 3 nitrogen and oxygen atoms in total. The molecule has 4 aromatic rings. The monoisotopic (exact) mass is 371 g/mol. The number of nitrogens with zero attached hydrogens (tertiary/aromatic N) is 1. The highest BCUT2D eigenvalue weighted by Crippen LogP contribution is 2.34. The van der Waals surface area contributed by atoms with Crippen molar-refractivity contribution in [2.75, 3.05) is 0 Å². The molecular weight excluding hydrogens is 360 g/mol. The third kappa shape index (κ3) is 2.63. The summed E-state index contributed by atoms with van der Waals surface area (Å²) >= 11 is 0. The molecule has 0 unspecified atom stereocenters. The Bertz CT molecular complexity index is 1210. The van der Waals surface area contributed by atoms with Crippen molar-refractivity contribution in [2.45, 2.75) is 6.54 Å². The number of fused-ring (bicyclic) bond motifs is 3. The van der Waals surface area contributed by atoms with E-state index in [1.165, 1.54) is 22.8 Å². The molecule has 3 aromatic carbocycles. The second-order valence-corrected chi connectivity index (χ2v) is 6.05. The fourth-order valence-electron chi connectivity index (χ4n) is 3.32. The van der Waals surface area contributed by atoms with Gasteiger partial charge >= 0.3 is 0 Å². The first kappa shape index (κ1) is 17.1. The van der Waals surface area contributed by atoms with Gasteiger partial charge in [-0.25, -0.2) is 17.6 Å². The summed E-state index contributed by atoms with van der Waals surface area (Å²) < 4.78 is 57.4. The van der Waals surface area contributed by atoms with E-state index in [0.29, 0.717) is 23.0 Å². The van der Waals surface area contributed by atoms with E-state index in [1.54, 1.807) is 6.07 Å². The molecule has 0 spiro atoms. The zero-order valence-electron chi connectivity index (χ0n) is 13.7. The second kappa shape index (κ2) is 6.12. The Morgan fingerprint density at radius 2 is 1.74 bits per heavy atom. The second-order valence-electron chi connectivity index (χ2n) is 6.05. The van der Waals surface area contributed by atoms with Gasteiger partial charge in [0.25, 0.3) is 0 Å². The van der Waals surface area contributed by atoms with Gasteiger partial charge in [0.1, 0.15) is 23.3 Å². The van der Waals surface area contributed by atoms with E-state index in [1.807, 2.05) is 0 Å². The fourth-order valence-corrected chi connectivity index (χ4v) is 3.32. The number of carbonyl (C=O) groups is 1. The molecule has 0 saturated heterocycles. The van der Waals surface area contributed by atoms with Crippen molar-refractivity contribution in [2.24, 2.45) is 5.73 Å². The molecule has 27 heavy (non-hydrogen) atoms. The summed E-state index contributed by atoms with van der Waals surface area (Å²) in [5.74, 6) is -4.61. The van der Waals surface area contributed by atoms with Crippen LogP contribution in [0.2, 0.25) is 0 Å². The molecule has 1 aromatic heterocycles. The highest BCUT2D eigenvalue weighted by atomic mass is 19.1. The Morgan fingerprint density at radius 3 is 2.41 bits per heavy atom. The van der Waals surface area contributed by atoms with Crippen LogP contribution >= 0.6 is 0 Å². The highest BCUT2D eigenvalue weighted by molar-refractivity contribution is 6.17. The standard InChI is InChI=1S/C20H11F4N2O/c21-10-7-15(23)13(16(24)8-10)9-26-17-6-2-4-12(20(25)27)18(17)11-3-1-5-14(22)19(11)26/h1-2,4-8H,9H2,(H2,25,27). The third-order valence-corrected chi connectivity index (χ3v) is 4.46. The third-order valence-electron chi connectivity index (χ3n) is 4.46. The average Bonchev–Trinajstić information content (AvgIpc) is 2.93. The number of hydrogen-bond acceptors (Lipinski definition) is 1. The quantitative estimate of drug-likeness (QED) is 0.537. The smallest absolute Gasteiger partial charge is 0.249 e. The van der Waals surface area contributed by atoms with Crippen LogP contribution in [0, 0.1) is 29.3 Å². The van der Waals surface area contributed by atoms with Crippen molar-refractivity contribution in [1.82, 2.24) is 4.57 Å². The minimum Gasteiger partial charge on any atom is -0.366 e. The van der Waals surface area contributed by atoms with E-state index in [9.17, 15) is 22.4 Å². The molecule has 135 valence electrons. The lowest BCUT2D eigenvalue weighted by Gasteiger charge is -2.10. The maximum absolute atomic E-state index is 14.6. The van der Waals surface area contributed by atoms with Gasteiger partial charge in [0.05, 0.1) is 17.6 Å². The molecule has 0 aliphatic carbocycles. The van der Waals surface area contributed by atoms with Gasteiger partial charge in [-0.1, -0.05) is 12.1 Å². The first-order chi connectivity index (χ1) is 12.9. The molecular formula is C20H11F4N2O. The number of aromatic nitrogens is 1. The number of rotatable bonds is 3. The van der Waals surface area contributed by atoms with E-state index in [2.05, 4.69) is 6.07 Å². The van der Waals surface area contributed by atoms with Crippen molar-refractivity contribution in [3.63, 3.8) is 0 Å². The number of nitrogens with two attached hydrogens (primary N) is 1. The van der Waals surface area contributed by atoms with Gasteiger partial charge in [0.2, 0.25) is 5.91 Å². The van der Waals surface area contributed by atoms with Crippen LogP contribution in [0.3, 0.4) is 0 Å². The highest BCUT2D eigenvalue weighted by Gasteiger charge is 2.21. The predicted molar refractivity (Wildman–Crippen MR) is 92.2 cm³/mol. The van der Waals surface area contributed by atoms with Crippen molar-refractivity contribution < 1.29 is 22.4 Å². The lowest BCUT2D eigenvalue weighted by molar-refractivity contribution is 0.100. The fraction of sp³-hybridized carbons (Fsp3) is 0.0500. The molecule has 1 radical (unpaired) electrons. The van der Waals surface area contributed by atoms with Crippen LogP contribution in [-0.4, -0.2) is 10.5 Å². The molecule has 1 amide bonds. The van der Waals surface area contributed by atoms with E-state index in [4.69, 9.17) is 5.73 Å². The number of benzene rings is 3. The zero-order valence-corrected chi connectivity index (χ0v) is 13.7. The van der Waals surface area contributed by atoms with Crippen molar-refractivity contribution >= 4 is 27.7 Å².